The number of ether oxygens (including phenoxy) is 10. The second-order valence-corrected chi connectivity index (χ2v) is 24.0. The molecule has 0 aromatic heterocycles. The summed E-state index contributed by atoms with van der Waals surface area (Å²) < 4.78 is 61.1. The van der Waals surface area contributed by atoms with E-state index in [0.717, 1.165) is 44.9 Å². The number of fused-ring (bicyclic) bond motifs is 7. The molecule has 10 aliphatic rings. The molecule has 0 aromatic carbocycles. The van der Waals surface area contributed by atoms with E-state index in [1.54, 1.807) is 0 Å². The molecule has 23 heteroatoms. The molecule has 10 rings (SSSR count). The van der Waals surface area contributed by atoms with Gasteiger partial charge >= 0.3 is 0 Å². The molecule has 0 aromatic rings. The van der Waals surface area contributed by atoms with Crippen molar-refractivity contribution in [1.82, 2.24) is 0 Å². The summed E-state index contributed by atoms with van der Waals surface area (Å²) >= 11 is 0. The molecule has 4 aliphatic carbocycles. The molecule has 73 heavy (non-hydrogen) atoms. The first kappa shape index (κ1) is 55.4. The van der Waals surface area contributed by atoms with E-state index in [4.69, 9.17) is 47.4 Å². The molecule has 6 heterocycles. The Labute approximate surface area is 424 Å². The Morgan fingerprint density at radius 2 is 1.12 bits per heavy atom. The van der Waals surface area contributed by atoms with Gasteiger partial charge in [0.25, 0.3) is 0 Å². The van der Waals surface area contributed by atoms with Crippen molar-refractivity contribution < 1.29 is 114 Å². The molecule has 13 N–H and O–H groups in total. The second-order valence-electron chi connectivity index (χ2n) is 24.0. The van der Waals surface area contributed by atoms with Crippen molar-refractivity contribution in [2.75, 3.05) is 33.0 Å². The van der Waals surface area contributed by atoms with E-state index in [0.29, 0.717) is 37.2 Å². The summed E-state index contributed by atoms with van der Waals surface area (Å²) in [4.78, 5) is 0. The molecule has 32 unspecified atom stereocenters. The van der Waals surface area contributed by atoms with Gasteiger partial charge in [-0.2, -0.15) is 0 Å². The lowest BCUT2D eigenvalue weighted by Gasteiger charge is -2.61. The maximum Gasteiger partial charge on any atom is 0.187 e. The van der Waals surface area contributed by atoms with Gasteiger partial charge in [-0.1, -0.05) is 27.7 Å². The van der Waals surface area contributed by atoms with Crippen LogP contribution in [-0.2, 0) is 47.4 Å². The van der Waals surface area contributed by atoms with Crippen molar-refractivity contribution in [3.63, 3.8) is 0 Å². The quantitative estimate of drug-likeness (QED) is 0.0902. The lowest BCUT2D eigenvalue weighted by molar-refractivity contribution is -0.404. The highest BCUT2D eigenvalue weighted by atomic mass is 16.8. The summed E-state index contributed by atoms with van der Waals surface area (Å²) in [6, 6.07) is 0. The summed E-state index contributed by atoms with van der Waals surface area (Å²) in [7, 11) is 0. The topological polar surface area (TPSA) is 355 Å². The number of hydrogen-bond acceptors (Lipinski definition) is 23. The first-order valence-electron chi connectivity index (χ1n) is 26.8. The molecule has 1 spiro atoms. The van der Waals surface area contributed by atoms with Crippen LogP contribution in [0.15, 0.2) is 0 Å². The third-order valence-electron chi connectivity index (χ3n) is 20.0. The van der Waals surface area contributed by atoms with Crippen LogP contribution in [0.4, 0.5) is 0 Å². The van der Waals surface area contributed by atoms with Gasteiger partial charge in [-0.25, -0.2) is 0 Å². The normalized spacial score (nSPS) is 58.2. The van der Waals surface area contributed by atoms with Crippen LogP contribution in [0, 0.1) is 52.3 Å². The Bertz CT molecular complexity index is 1860. The van der Waals surface area contributed by atoms with Crippen LogP contribution in [0.1, 0.15) is 85.5 Å². The van der Waals surface area contributed by atoms with Gasteiger partial charge in [-0.05, 0) is 91.8 Å². The van der Waals surface area contributed by atoms with E-state index in [9.17, 15) is 66.4 Å². The summed E-state index contributed by atoms with van der Waals surface area (Å²) in [5.41, 5.74) is -0.111. The molecule has 0 amide bonds. The Morgan fingerprint density at radius 3 is 1.82 bits per heavy atom. The van der Waals surface area contributed by atoms with Crippen molar-refractivity contribution >= 4 is 0 Å². The van der Waals surface area contributed by atoms with E-state index in [-0.39, 0.29) is 46.7 Å². The fourth-order valence-corrected chi connectivity index (χ4v) is 15.9. The molecular formula is C50H82O23. The fourth-order valence-electron chi connectivity index (χ4n) is 15.9. The molecule has 0 bridgehead atoms. The second kappa shape index (κ2) is 21.3. The smallest absolute Gasteiger partial charge is 0.187 e. The van der Waals surface area contributed by atoms with Crippen LogP contribution in [0.3, 0.4) is 0 Å². The standard InChI is InChI=1S/C50H82O23/c1-19-7-12-50(65-17-19)20(2)29-41(73-50)34(58)30-23-6-5-21-13-22(8-10-48(21,3)24(23)9-11-49(29,30)4)66-45-39(63)36(60)40(28(16-53)69-45)70-47-43(72-46-38(62)35(59)32(56)26(14-51)67-46)42(33(57)27(15-52)68-47)71-44-37(61)31(55)25(54)18-64-44/h19-47,51-63H,5-18H2,1-4H3. The van der Waals surface area contributed by atoms with E-state index in [1.807, 2.05) is 0 Å². The van der Waals surface area contributed by atoms with Crippen LogP contribution in [-0.4, -0.2) is 240 Å². The van der Waals surface area contributed by atoms with Crippen molar-refractivity contribution in [1.29, 1.82) is 0 Å². The fraction of sp³-hybridized carbons (Fsp3) is 1.00. The Balaban J connectivity index is 0.818. The molecular weight excluding hydrogens is 969 g/mol. The van der Waals surface area contributed by atoms with Crippen LogP contribution in [0.25, 0.3) is 0 Å². The number of aliphatic hydroxyl groups is 13. The van der Waals surface area contributed by atoms with Gasteiger partial charge < -0.3 is 114 Å². The summed E-state index contributed by atoms with van der Waals surface area (Å²) in [5, 5.41) is 142. The first-order chi connectivity index (χ1) is 34.7. The number of aliphatic hydroxyl groups excluding tert-OH is 13. The average Bonchev–Trinajstić information content (AvgIpc) is 3.79. The summed E-state index contributed by atoms with van der Waals surface area (Å²) in [6.07, 6.45) is -26.4. The molecule has 6 aliphatic heterocycles. The molecule has 10 fully saturated rings. The maximum atomic E-state index is 12.2. The van der Waals surface area contributed by atoms with Crippen molar-refractivity contribution in [3.05, 3.63) is 0 Å². The summed E-state index contributed by atoms with van der Waals surface area (Å²) in [6.45, 7) is 6.90. The first-order valence-corrected chi connectivity index (χ1v) is 26.8. The van der Waals surface area contributed by atoms with Crippen LogP contribution in [0.5, 0.6) is 0 Å². The maximum absolute atomic E-state index is 12.2. The molecule has 32 atom stereocenters. The Hall–Kier alpha value is -0.920. The zero-order chi connectivity index (χ0) is 52.2. The third-order valence-corrected chi connectivity index (χ3v) is 20.0. The van der Waals surface area contributed by atoms with Crippen LogP contribution >= 0.6 is 0 Å². The van der Waals surface area contributed by atoms with Gasteiger partial charge in [0.2, 0.25) is 0 Å². The highest BCUT2D eigenvalue weighted by Crippen LogP contribution is 2.71. The van der Waals surface area contributed by atoms with E-state index in [1.165, 1.54) is 0 Å². The van der Waals surface area contributed by atoms with E-state index >= 15 is 0 Å². The van der Waals surface area contributed by atoms with Gasteiger partial charge in [-0.15, -0.1) is 0 Å². The Kier molecular flexibility index (Phi) is 16.1. The minimum Gasteiger partial charge on any atom is -0.394 e. The largest absolute Gasteiger partial charge is 0.394 e. The third kappa shape index (κ3) is 9.39. The lowest BCUT2D eigenvalue weighted by Crippen LogP contribution is -2.68. The zero-order valence-electron chi connectivity index (χ0n) is 42.0. The molecule has 420 valence electrons. The lowest BCUT2D eigenvalue weighted by atomic mass is 9.44. The van der Waals surface area contributed by atoms with Crippen LogP contribution in [0.2, 0.25) is 0 Å². The van der Waals surface area contributed by atoms with E-state index in [2.05, 4.69) is 27.7 Å². The SMILES string of the molecule is CC1CCC2(OC1)OC1C(O)C3C4CCC5CC(OC6OC(CO)C(OC7OC(CO)C(O)C(OC8OCC(O)C(O)C8O)C7OC7OC(CO)C(O)C(O)C7O)C(O)C6O)CCC5(C)C4CCC3(C)C1C2C. The van der Waals surface area contributed by atoms with Gasteiger partial charge in [0.05, 0.1) is 51.3 Å². The monoisotopic (exact) mass is 1050 g/mol. The Morgan fingerprint density at radius 1 is 0.507 bits per heavy atom. The minimum atomic E-state index is -2.01. The van der Waals surface area contributed by atoms with E-state index < -0.39 is 155 Å². The highest BCUT2D eigenvalue weighted by molar-refractivity contribution is 5.18. The minimum absolute atomic E-state index is 0.0337. The van der Waals surface area contributed by atoms with Crippen molar-refractivity contribution in [3.8, 4) is 0 Å². The van der Waals surface area contributed by atoms with Gasteiger partial charge in [0, 0.05) is 18.3 Å². The van der Waals surface area contributed by atoms with Crippen molar-refractivity contribution in [2.45, 2.75) is 226 Å². The van der Waals surface area contributed by atoms with Gasteiger partial charge in [-0.3, -0.25) is 0 Å². The summed E-state index contributed by atoms with van der Waals surface area (Å²) in [5.74, 6) is 1.35. The molecule has 23 nitrogen and oxygen atoms in total. The molecule has 0 radical (unpaired) electrons. The highest BCUT2D eigenvalue weighted by Gasteiger charge is 2.72. The zero-order valence-corrected chi connectivity index (χ0v) is 42.0. The van der Waals surface area contributed by atoms with Gasteiger partial charge in [0.1, 0.15) is 91.6 Å². The number of rotatable bonds is 11. The number of hydrogen-bond donors (Lipinski definition) is 13. The molecule has 6 saturated heterocycles. The van der Waals surface area contributed by atoms with Gasteiger partial charge in [0.15, 0.2) is 30.9 Å². The molecule has 4 saturated carbocycles. The predicted molar refractivity (Wildman–Crippen MR) is 244 cm³/mol. The predicted octanol–water partition coefficient (Wildman–Crippen LogP) is -3.30. The average molecular weight is 1050 g/mol. The van der Waals surface area contributed by atoms with Crippen molar-refractivity contribution in [2.24, 2.45) is 52.3 Å². The van der Waals surface area contributed by atoms with Crippen LogP contribution < -0.4 is 0 Å².